The highest BCUT2D eigenvalue weighted by atomic mass is 19.4. The first-order valence-corrected chi connectivity index (χ1v) is 12.1. The molecule has 1 saturated heterocycles. The highest BCUT2D eigenvalue weighted by molar-refractivity contribution is 5.96. The van der Waals surface area contributed by atoms with Crippen molar-refractivity contribution in [2.45, 2.75) is 45.8 Å². The molecule has 13 heteroatoms. The molecule has 206 valence electrons. The number of ether oxygens (including phenoxy) is 2. The van der Waals surface area contributed by atoms with Gasteiger partial charge in [0.2, 0.25) is 23.6 Å². The van der Waals surface area contributed by atoms with Crippen LogP contribution in [0.4, 0.5) is 19.0 Å². The van der Waals surface area contributed by atoms with Crippen LogP contribution < -0.4 is 20.1 Å². The van der Waals surface area contributed by atoms with E-state index in [4.69, 9.17) is 9.47 Å². The number of anilines is 1. The van der Waals surface area contributed by atoms with Gasteiger partial charge in [0.1, 0.15) is 18.0 Å². The van der Waals surface area contributed by atoms with Gasteiger partial charge in [0.25, 0.3) is 5.91 Å². The van der Waals surface area contributed by atoms with Crippen LogP contribution in [0.2, 0.25) is 0 Å². The van der Waals surface area contributed by atoms with Crippen molar-refractivity contribution < 1.29 is 37.0 Å². The molecule has 1 unspecified atom stereocenters. The first-order valence-electron chi connectivity index (χ1n) is 12.1. The van der Waals surface area contributed by atoms with Crippen LogP contribution in [0.25, 0.3) is 0 Å². The van der Waals surface area contributed by atoms with Crippen molar-refractivity contribution in [2.75, 3.05) is 31.6 Å². The maximum atomic E-state index is 13.1. The Morgan fingerprint density at radius 1 is 1.16 bits per heavy atom. The highest BCUT2D eigenvalue weighted by Gasteiger charge is 2.29. The summed E-state index contributed by atoms with van der Waals surface area (Å²) in [6.07, 6.45) is -1.89. The van der Waals surface area contributed by atoms with Crippen molar-refractivity contribution in [3.63, 3.8) is 0 Å². The molecule has 0 aliphatic carbocycles. The summed E-state index contributed by atoms with van der Waals surface area (Å²) in [5.41, 5.74) is 0.631. The number of nitrogens with one attached hydrogen (secondary N) is 2. The third-order valence-electron chi connectivity index (χ3n) is 5.64. The van der Waals surface area contributed by atoms with Crippen molar-refractivity contribution in [1.82, 2.24) is 20.2 Å². The lowest BCUT2D eigenvalue weighted by molar-refractivity contribution is -0.154. The van der Waals surface area contributed by atoms with Gasteiger partial charge in [-0.3, -0.25) is 14.4 Å². The molecule has 1 aliphatic rings. The topological polar surface area (TPSA) is 123 Å². The van der Waals surface area contributed by atoms with Gasteiger partial charge in [-0.05, 0) is 37.1 Å². The third kappa shape index (κ3) is 8.32. The molecule has 3 amide bonds. The number of nitrogens with zero attached hydrogens (tertiary/aromatic N) is 3. The number of halogens is 3. The molecule has 38 heavy (non-hydrogen) atoms. The van der Waals surface area contributed by atoms with Crippen molar-refractivity contribution >= 4 is 23.5 Å². The minimum absolute atomic E-state index is 0.0133. The summed E-state index contributed by atoms with van der Waals surface area (Å²) in [4.78, 5) is 46.6. The van der Waals surface area contributed by atoms with Crippen molar-refractivity contribution in [3.8, 4) is 11.8 Å². The van der Waals surface area contributed by atoms with Crippen LogP contribution in [-0.4, -0.2) is 65.1 Å². The monoisotopic (exact) mass is 537 g/mol. The van der Waals surface area contributed by atoms with E-state index in [1.165, 1.54) is 12.3 Å². The Morgan fingerprint density at radius 2 is 1.92 bits per heavy atom. The first kappa shape index (κ1) is 28.7. The van der Waals surface area contributed by atoms with E-state index in [-0.39, 0.29) is 48.2 Å². The first-order chi connectivity index (χ1) is 17.9. The van der Waals surface area contributed by atoms with E-state index in [0.717, 1.165) is 12.5 Å². The van der Waals surface area contributed by atoms with Gasteiger partial charge in [0.05, 0.1) is 12.6 Å². The maximum absolute atomic E-state index is 13.1. The van der Waals surface area contributed by atoms with E-state index >= 15 is 0 Å². The number of amides is 3. The number of carbonyl (C=O) groups is 3. The van der Waals surface area contributed by atoms with Crippen LogP contribution in [-0.2, 0) is 9.59 Å². The molecule has 0 radical (unpaired) electrons. The number of rotatable bonds is 11. The lowest BCUT2D eigenvalue weighted by atomic mass is 10.1. The molecule has 0 aromatic carbocycles. The molecule has 2 N–H and O–H groups in total. The van der Waals surface area contributed by atoms with Crippen molar-refractivity contribution in [2.24, 2.45) is 5.92 Å². The third-order valence-corrected chi connectivity index (χ3v) is 5.64. The predicted molar refractivity (Wildman–Crippen MR) is 131 cm³/mol. The number of carbonyl (C=O) groups excluding carboxylic acids is 3. The second-order valence-electron chi connectivity index (χ2n) is 9.05. The molecule has 1 atom stereocenters. The minimum Gasteiger partial charge on any atom is -0.475 e. The molecule has 2 aromatic rings. The fourth-order valence-electron chi connectivity index (χ4n) is 3.55. The summed E-state index contributed by atoms with van der Waals surface area (Å²) in [7, 11) is 0. The smallest absolute Gasteiger partial charge is 0.422 e. The van der Waals surface area contributed by atoms with E-state index in [9.17, 15) is 27.6 Å². The van der Waals surface area contributed by atoms with E-state index < -0.39 is 24.7 Å². The number of pyridine rings is 2. The van der Waals surface area contributed by atoms with Crippen LogP contribution in [0.15, 0.2) is 30.5 Å². The van der Waals surface area contributed by atoms with Gasteiger partial charge >= 0.3 is 6.18 Å². The highest BCUT2D eigenvalue weighted by Crippen LogP contribution is 2.24. The number of aromatic nitrogens is 2. The van der Waals surface area contributed by atoms with Crippen LogP contribution in [0.1, 0.15) is 55.6 Å². The lowest BCUT2D eigenvalue weighted by Crippen LogP contribution is -2.30. The molecule has 1 aliphatic heterocycles. The molecular formula is C25H30F3N5O5. The van der Waals surface area contributed by atoms with Crippen LogP contribution in [0.5, 0.6) is 11.8 Å². The zero-order chi connectivity index (χ0) is 27.9. The van der Waals surface area contributed by atoms with E-state index in [2.05, 4.69) is 20.6 Å². The number of likely N-dealkylation sites (tertiary alicyclic amines) is 1. The van der Waals surface area contributed by atoms with Gasteiger partial charge in [-0.25, -0.2) is 4.98 Å². The molecular weight excluding hydrogens is 507 g/mol. The standard InChI is InChI=1S/C25H30F3N5O5/c1-15(2)22(35)31-19-13-17(8-9-29-19)16(3)30-23(36)18-6-7-20(38-14-25(26,27)28)32-24(18)37-12-11-33-10-4-5-21(33)34/h6-9,13,15-16H,4-5,10-12,14H2,1-3H3,(H,30,36)(H,29,31,35). The Balaban J connectivity index is 1.73. The second kappa shape index (κ2) is 12.6. The Kier molecular flexibility index (Phi) is 9.48. The molecule has 0 spiro atoms. The summed E-state index contributed by atoms with van der Waals surface area (Å²) in [6.45, 7) is 4.47. The Bertz CT molecular complexity index is 1160. The zero-order valence-corrected chi connectivity index (χ0v) is 21.3. The predicted octanol–water partition coefficient (Wildman–Crippen LogP) is 3.50. The van der Waals surface area contributed by atoms with Gasteiger partial charge < -0.3 is 25.0 Å². The summed E-state index contributed by atoms with van der Waals surface area (Å²) in [6, 6.07) is 5.18. The molecule has 10 nitrogen and oxygen atoms in total. The average Bonchev–Trinajstić information content (AvgIpc) is 3.26. The van der Waals surface area contributed by atoms with Gasteiger partial charge in [-0.1, -0.05) is 13.8 Å². The summed E-state index contributed by atoms with van der Waals surface area (Å²) in [5.74, 6) is -1.31. The average molecular weight is 538 g/mol. The molecule has 1 fully saturated rings. The maximum Gasteiger partial charge on any atom is 0.422 e. The zero-order valence-electron chi connectivity index (χ0n) is 21.3. The number of hydrogen-bond donors (Lipinski definition) is 2. The largest absolute Gasteiger partial charge is 0.475 e. The van der Waals surface area contributed by atoms with Gasteiger partial charge in [0.15, 0.2) is 6.61 Å². The van der Waals surface area contributed by atoms with Gasteiger partial charge in [0, 0.05) is 31.1 Å². The van der Waals surface area contributed by atoms with E-state index in [1.807, 2.05) is 0 Å². The summed E-state index contributed by atoms with van der Waals surface area (Å²) in [5, 5.41) is 5.48. The summed E-state index contributed by atoms with van der Waals surface area (Å²) < 4.78 is 48.1. The molecule has 0 bridgehead atoms. The molecule has 3 heterocycles. The van der Waals surface area contributed by atoms with Gasteiger partial charge in [-0.2, -0.15) is 18.2 Å². The fraction of sp³-hybridized carbons (Fsp3) is 0.480. The number of hydrogen-bond acceptors (Lipinski definition) is 7. The SMILES string of the molecule is CC(C)C(=O)Nc1cc(C(C)NC(=O)c2ccc(OCC(F)(F)F)nc2OCCN2CCCC2=O)ccn1. The van der Waals surface area contributed by atoms with Gasteiger partial charge in [-0.15, -0.1) is 0 Å². The van der Waals surface area contributed by atoms with E-state index in [0.29, 0.717) is 24.3 Å². The second-order valence-corrected chi connectivity index (χ2v) is 9.05. The Morgan fingerprint density at radius 3 is 2.58 bits per heavy atom. The minimum atomic E-state index is -4.57. The Hall–Kier alpha value is -3.90. The lowest BCUT2D eigenvalue weighted by Gasteiger charge is -2.19. The molecule has 0 saturated carbocycles. The van der Waals surface area contributed by atoms with Crippen LogP contribution in [0.3, 0.4) is 0 Å². The fourth-order valence-corrected chi connectivity index (χ4v) is 3.55. The quantitative estimate of drug-likeness (QED) is 0.450. The van der Waals surface area contributed by atoms with Crippen LogP contribution >= 0.6 is 0 Å². The van der Waals surface area contributed by atoms with Crippen LogP contribution in [0, 0.1) is 5.92 Å². The summed E-state index contributed by atoms with van der Waals surface area (Å²) >= 11 is 0. The molecule has 2 aromatic heterocycles. The Labute approximate surface area is 217 Å². The van der Waals surface area contributed by atoms with E-state index in [1.54, 1.807) is 37.8 Å². The normalized spacial score (nSPS) is 14.4. The molecule has 3 rings (SSSR count). The number of alkyl halides is 3. The van der Waals surface area contributed by atoms with Crippen molar-refractivity contribution in [1.29, 1.82) is 0 Å². The van der Waals surface area contributed by atoms with Crippen molar-refractivity contribution in [3.05, 3.63) is 41.6 Å².